The van der Waals surface area contributed by atoms with Crippen molar-refractivity contribution in [2.75, 3.05) is 62.0 Å². The second-order valence-electron chi connectivity index (χ2n) is 7.67. The number of benzene rings is 2. The molecule has 0 radical (unpaired) electrons. The fourth-order valence-electron chi connectivity index (χ4n) is 3.97. The van der Waals surface area contributed by atoms with Crippen LogP contribution in [0.5, 0.6) is 5.75 Å². The lowest BCUT2D eigenvalue weighted by Crippen LogP contribution is -2.40. The molecule has 0 unspecified atom stereocenters. The summed E-state index contributed by atoms with van der Waals surface area (Å²) in [5, 5.41) is 5.63. The zero-order chi connectivity index (χ0) is 22.6. The summed E-state index contributed by atoms with van der Waals surface area (Å²) < 4.78 is 38.3. The third kappa shape index (κ3) is 4.82. The number of hydrogen-bond acceptors (Lipinski definition) is 6. The molecule has 2 fully saturated rings. The summed E-state index contributed by atoms with van der Waals surface area (Å²) in [5.41, 5.74) is 1.78. The maximum Gasteiger partial charge on any atom is 0.323 e. The first kappa shape index (κ1) is 22.4. The van der Waals surface area contributed by atoms with E-state index in [1.165, 1.54) is 11.4 Å². The second-order valence-corrected chi connectivity index (χ2v) is 9.61. The first-order valence-electron chi connectivity index (χ1n) is 10.7. The number of urea groups is 1. The van der Waals surface area contributed by atoms with Gasteiger partial charge < -0.3 is 25.0 Å². The first-order valence-corrected chi connectivity index (χ1v) is 12.1. The van der Waals surface area contributed by atoms with Crippen molar-refractivity contribution in [1.82, 2.24) is 4.31 Å². The molecule has 2 amide bonds. The Labute approximate surface area is 188 Å². The number of sulfonamides is 1. The molecule has 2 aromatic carbocycles. The normalized spacial score (nSPS) is 17.2. The highest BCUT2D eigenvalue weighted by atomic mass is 32.2. The van der Waals surface area contributed by atoms with Gasteiger partial charge in [0, 0.05) is 26.2 Å². The van der Waals surface area contributed by atoms with Crippen LogP contribution in [0, 0.1) is 0 Å². The SMILES string of the molecule is COc1ccccc1NC(=O)Nc1cc(S(=O)(=O)N2CCOCC2)ccc1N1CCCC1. The molecule has 2 heterocycles. The molecule has 172 valence electrons. The summed E-state index contributed by atoms with van der Waals surface area (Å²) in [6, 6.07) is 11.5. The van der Waals surface area contributed by atoms with Crippen molar-refractivity contribution in [1.29, 1.82) is 0 Å². The van der Waals surface area contributed by atoms with E-state index in [2.05, 4.69) is 15.5 Å². The third-order valence-corrected chi connectivity index (χ3v) is 7.52. The van der Waals surface area contributed by atoms with Gasteiger partial charge in [0.2, 0.25) is 10.0 Å². The Morgan fingerprint density at radius 1 is 0.969 bits per heavy atom. The number of rotatable bonds is 6. The van der Waals surface area contributed by atoms with Gasteiger partial charge >= 0.3 is 6.03 Å². The zero-order valence-corrected chi connectivity index (χ0v) is 18.9. The molecule has 2 aromatic rings. The number of nitrogens with zero attached hydrogens (tertiary/aromatic N) is 2. The first-order chi connectivity index (χ1) is 15.5. The largest absolute Gasteiger partial charge is 0.495 e. The second kappa shape index (κ2) is 9.76. The van der Waals surface area contributed by atoms with Gasteiger partial charge in [0.05, 0.1) is 42.3 Å². The van der Waals surface area contributed by atoms with Gasteiger partial charge in [0.15, 0.2) is 0 Å². The lowest BCUT2D eigenvalue weighted by Gasteiger charge is -2.27. The van der Waals surface area contributed by atoms with Crippen LogP contribution in [0.2, 0.25) is 0 Å². The fourth-order valence-corrected chi connectivity index (χ4v) is 5.40. The Hall–Kier alpha value is -2.82. The smallest absolute Gasteiger partial charge is 0.323 e. The maximum absolute atomic E-state index is 13.1. The van der Waals surface area contributed by atoms with Gasteiger partial charge in [0.25, 0.3) is 0 Å². The van der Waals surface area contributed by atoms with Crippen LogP contribution in [0.3, 0.4) is 0 Å². The van der Waals surface area contributed by atoms with Gasteiger partial charge in [-0.05, 0) is 43.2 Å². The van der Waals surface area contributed by atoms with E-state index >= 15 is 0 Å². The molecular formula is C22H28N4O5S. The minimum absolute atomic E-state index is 0.148. The number of anilines is 3. The van der Waals surface area contributed by atoms with Gasteiger partial charge in [-0.3, -0.25) is 0 Å². The maximum atomic E-state index is 13.1. The summed E-state index contributed by atoms with van der Waals surface area (Å²) in [6.45, 7) is 3.09. The summed E-state index contributed by atoms with van der Waals surface area (Å²) >= 11 is 0. The molecule has 0 aromatic heterocycles. The number of amides is 2. The zero-order valence-electron chi connectivity index (χ0n) is 18.0. The Bertz CT molecular complexity index is 1060. The predicted octanol–water partition coefficient (Wildman–Crippen LogP) is 2.96. The highest BCUT2D eigenvalue weighted by molar-refractivity contribution is 7.89. The fraction of sp³-hybridized carbons (Fsp3) is 0.409. The minimum Gasteiger partial charge on any atom is -0.495 e. The molecule has 32 heavy (non-hydrogen) atoms. The van der Waals surface area contributed by atoms with Crippen molar-refractivity contribution in [3.05, 3.63) is 42.5 Å². The molecule has 4 rings (SSSR count). The number of methoxy groups -OCH3 is 1. The highest BCUT2D eigenvalue weighted by Gasteiger charge is 2.28. The molecule has 0 spiro atoms. The number of morpholine rings is 1. The number of hydrogen-bond donors (Lipinski definition) is 2. The van der Waals surface area contributed by atoms with Crippen LogP contribution in [0.25, 0.3) is 0 Å². The molecular weight excluding hydrogens is 432 g/mol. The van der Waals surface area contributed by atoms with Gasteiger partial charge in [-0.15, -0.1) is 0 Å². The van der Waals surface area contributed by atoms with Crippen LogP contribution in [-0.2, 0) is 14.8 Å². The molecule has 2 aliphatic rings. The Kier molecular flexibility index (Phi) is 6.83. The summed E-state index contributed by atoms with van der Waals surface area (Å²) in [4.78, 5) is 15.1. The number of para-hydroxylation sites is 2. The van der Waals surface area contributed by atoms with Crippen LogP contribution in [0.1, 0.15) is 12.8 Å². The molecule has 10 heteroatoms. The molecule has 2 saturated heterocycles. The molecule has 2 aliphatic heterocycles. The number of ether oxygens (including phenoxy) is 2. The van der Waals surface area contributed by atoms with Crippen molar-refractivity contribution in [3.63, 3.8) is 0 Å². The number of carbonyl (C=O) groups excluding carboxylic acids is 1. The standard InChI is InChI=1S/C22H28N4O5S/c1-30-21-7-3-2-6-18(21)23-22(27)24-19-16-17(8-9-20(19)25-10-4-5-11-25)32(28,29)26-12-14-31-15-13-26/h2-3,6-9,16H,4-5,10-15H2,1H3,(H2,23,24,27). The molecule has 0 atom stereocenters. The van der Waals surface area contributed by atoms with Crippen molar-refractivity contribution >= 4 is 33.1 Å². The van der Waals surface area contributed by atoms with E-state index in [1.54, 1.807) is 36.4 Å². The molecule has 0 saturated carbocycles. The summed E-state index contributed by atoms with van der Waals surface area (Å²) in [6.07, 6.45) is 2.11. The summed E-state index contributed by atoms with van der Waals surface area (Å²) in [7, 11) is -2.16. The van der Waals surface area contributed by atoms with Crippen molar-refractivity contribution < 1.29 is 22.7 Å². The van der Waals surface area contributed by atoms with E-state index in [4.69, 9.17) is 9.47 Å². The average Bonchev–Trinajstić information content (AvgIpc) is 3.34. The van der Waals surface area contributed by atoms with Crippen molar-refractivity contribution in [2.45, 2.75) is 17.7 Å². The highest BCUT2D eigenvalue weighted by Crippen LogP contribution is 2.33. The monoisotopic (exact) mass is 460 g/mol. The summed E-state index contributed by atoms with van der Waals surface area (Å²) in [5.74, 6) is 0.533. The van der Waals surface area contributed by atoms with Crippen molar-refractivity contribution in [3.8, 4) is 5.75 Å². The van der Waals surface area contributed by atoms with E-state index in [-0.39, 0.29) is 4.90 Å². The van der Waals surface area contributed by atoms with Gasteiger partial charge in [-0.1, -0.05) is 12.1 Å². The van der Waals surface area contributed by atoms with Gasteiger partial charge in [-0.25, -0.2) is 13.2 Å². The minimum atomic E-state index is -3.69. The van der Waals surface area contributed by atoms with Crippen LogP contribution in [-0.4, -0.2) is 65.3 Å². The Morgan fingerprint density at radius 2 is 1.66 bits per heavy atom. The van der Waals surface area contributed by atoms with Gasteiger partial charge in [0.1, 0.15) is 5.75 Å². The van der Waals surface area contributed by atoms with Gasteiger partial charge in [-0.2, -0.15) is 4.31 Å². The topological polar surface area (TPSA) is 100 Å². The Balaban J connectivity index is 1.62. The Morgan fingerprint density at radius 3 is 2.38 bits per heavy atom. The van der Waals surface area contributed by atoms with E-state index in [9.17, 15) is 13.2 Å². The molecule has 9 nitrogen and oxygen atoms in total. The quantitative estimate of drug-likeness (QED) is 0.688. The van der Waals surface area contributed by atoms with Crippen LogP contribution >= 0.6 is 0 Å². The van der Waals surface area contributed by atoms with E-state index in [0.717, 1.165) is 31.6 Å². The predicted molar refractivity (Wildman–Crippen MR) is 123 cm³/mol. The average molecular weight is 461 g/mol. The van der Waals surface area contributed by atoms with E-state index in [1.807, 2.05) is 6.07 Å². The number of carbonyl (C=O) groups is 1. The van der Waals surface area contributed by atoms with Crippen LogP contribution in [0.4, 0.5) is 21.9 Å². The number of nitrogens with one attached hydrogen (secondary N) is 2. The lowest BCUT2D eigenvalue weighted by atomic mass is 10.2. The molecule has 0 bridgehead atoms. The van der Waals surface area contributed by atoms with E-state index in [0.29, 0.717) is 43.4 Å². The van der Waals surface area contributed by atoms with Crippen LogP contribution < -0.4 is 20.3 Å². The van der Waals surface area contributed by atoms with Crippen molar-refractivity contribution in [2.24, 2.45) is 0 Å². The molecule has 0 aliphatic carbocycles. The molecule has 2 N–H and O–H groups in total. The third-order valence-electron chi connectivity index (χ3n) is 5.63. The van der Waals surface area contributed by atoms with Crippen LogP contribution in [0.15, 0.2) is 47.4 Å². The lowest BCUT2D eigenvalue weighted by molar-refractivity contribution is 0.0730. The van der Waals surface area contributed by atoms with E-state index < -0.39 is 16.1 Å².